The Morgan fingerprint density at radius 2 is 1.73 bits per heavy atom. The Hall–Kier alpha value is -3.48. The number of halogens is 2. The third kappa shape index (κ3) is 5.13. The Labute approximate surface area is 199 Å². The Balaban J connectivity index is 1.64. The number of hydrogen-bond acceptors (Lipinski definition) is 5. The molecule has 1 heterocycles. The molecule has 0 saturated carbocycles. The van der Waals surface area contributed by atoms with Gasteiger partial charge in [0.2, 0.25) is 11.2 Å². The summed E-state index contributed by atoms with van der Waals surface area (Å²) in [4.78, 5) is 25.7. The van der Waals surface area contributed by atoms with Gasteiger partial charge < -0.3 is 19.2 Å². The van der Waals surface area contributed by atoms with E-state index in [0.717, 1.165) is 0 Å². The second kappa shape index (κ2) is 9.98. The van der Waals surface area contributed by atoms with Gasteiger partial charge in [0.05, 0.1) is 17.0 Å². The zero-order valence-corrected chi connectivity index (χ0v) is 19.1. The number of carbonyl (C=O) groups is 1. The summed E-state index contributed by atoms with van der Waals surface area (Å²) in [6.07, 6.45) is 0. The average molecular weight is 484 g/mol. The van der Waals surface area contributed by atoms with Gasteiger partial charge in [-0.2, -0.15) is 0 Å². The lowest BCUT2D eigenvalue weighted by Crippen LogP contribution is -2.22. The molecule has 3 aromatic carbocycles. The van der Waals surface area contributed by atoms with Crippen LogP contribution in [0.15, 0.2) is 75.9 Å². The van der Waals surface area contributed by atoms with E-state index in [1.165, 1.54) is 12.1 Å². The molecule has 0 fully saturated rings. The second-order valence-corrected chi connectivity index (χ2v) is 7.86. The summed E-state index contributed by atoms with van der Waals surface area (Å²) >= 11 is 12.3. The van der Waals surface area contributed by atoms with Gasteiger partial charge >= 0.3 is 0 Å². The predicted molar refractivity (Wildman–Crippen MR) is 130 cm³/mol. The molecule has 1 N–H and O–H groups in total. The van der Waals surface area contributed by atoms with Crippen molar-refractivity contribution in [3.8, 4) is 22.8 Å². The number of carbonyl (C=O) groups excluding carboxylic acids is 1. The van der Waals surface area contributed by atoms with Crippen molar-refractivity contribution in [2.75, 3.05) is 18.5 Å². The van der Waals surface area contributed by atoms with Crippen molar-refractivity contribution in [3.63, 3.8) is 0 Å². The smallest absolute Gasteiger partial charge is 0.262 e. The lowest BCUT2D eigenvalue weighted by Gasteiger charge is -2.13. The normalized spacial score (nSPS) is 10.8. The molecule has 0 radical (unpaired) electrons. The number of amides is 1. The average Bonchev–Trinajstić information content (AvgIpc) is 2.81. The standard InChI is InChI=1S/C25H19Cl2NO5/c1-2-31-18-10-8-17(9-11-18)28-21(29)14-32-25-22(30)19-12-16(26)13-20(27)24(19)33-23(25)15-6-4-3-5-7-15/h3-13H,2,14H2,1H3,(H,28,29). The molecule has 33 heavy (non-hydrogen) atoms. The Morgan fingerprint density at radius 3 is 2.42 bits per heavy atom. The van der Waals surface area contributed by atoms with E-state index in [-0.39, 0.29) is 32.5 Å². The molecule has 168 valence electrons. The molecule has 8 heteroatoms. The fraction of sp³-hybridized carbons (Fsp3) is 0.120. The molecule has 4 rings (SSSR count). The summed E-state index contributed by atoms with van der Waals surface area (Å²) in [6, 6.07) is 18.8. The summed E-state index contributed by atoms with van der Waals surface area (Å²) in [5, 5.41) is 3.37. The first-order valence-corrected chi connectivity index (χ1v) is 10.9. The molecular weight excluding hydrogens is 465 g/mol. The van der Waals surface area contributed by atoms with Crippen molar-refractivity contribution >= 4 is 45.8 Å². The molecule has 0 unspecified atom stereocenters. The molecule has 0 aliphatic carbocycles. The highest BCUT2D eigenvalue weighted by molar-refractivity contribution is 6.38. The number of nitrogens with one attached hydrogen (secondary N) is 1. The number of hydrogen-bond donors (Lipinski definition) is 1. The van der Waals surface area contributed by atoms with Crippen LogP contribution in [-0.2, 0) is 4.79 Å². The number of benzene rings is 3. The van der Waals surface area contributed by atoms with Gasteiger partial charge in [-0.1, -0.05) is 53.5 Å². The van der Waals surface area contributed by atoms with Gasteiger partial charge in [0, 0.05) is 16.3 Å². The van der Waals surface area contributed by atoms with Crippen LogP contribution in [0.3, 0.4) is 0 Å². The maximum absolute atomic E-state index is 13.2. The zero-order chi connectivity index (χ0) is 23.4. The van der Waals surface area contributed by atoms with Crippen LogP contribution in [0.2, 0.25) is 10.0 Å². The van der Waals surface area contributed by atoms with Crippen LogP contribution in [-0.4, -0.2) is 19.1 Å². The topological polar surface area (TPSA) is 77.8 Å². The summed E-state index contributed by atoms with van der Waals surface area (Å²) in [7, 11) is 0. The first-order valence-electron chi connectivity index (χ1n) is 10.1. The van der Waals surface area contributed by atoms with Gasteiger partial charge in [-0.25, -0.2) is 0 Å². The summed E-state index contributed by atoms with van der Waals surface area (Å²) in [6.45, 7) is 2.04. The van der Waals surface area contributed by atoms with Crippen LogP contribution < -0.4 is 20.2 Å². The second-order valence-electron chi connectivity index (χ2n) is 7.01. The SMILES string of the molecule is CCOc1ccc(NC(=O)COc2c(-c3ccccc3)oc3c(Cl)cc(Cl)cc3c2=O)cc1. The molecule has 0 spiro atoms. The van der Waals surface area contributed by atoms with Gasteiger partial charge in [0.1, 0.15) is 5.75 Å². The first kappa shape index (κ1) is 22.7. The fourth-order valence-electron chi connectivity index (χ4n) is 3.25. The van der Waals surface area contributed by atoms with Gasteiger partial charge in [0.15, 0.2) is 18.0 Å². The Morgan fingerprint density at radius 1 is 1.00 bits per heavy atom. The van der Waals surface area contributed by atoms with Gasteiger partial charge in [-0.05, 0) is 43.3 Å². The highest BCUT2D eigenvalue weighted by Gasteiger charge is 2.20. The van der Waals surface area contributed by atoms with E-state index >= 15 is 0 Å². The monoisotopic (exact) mass is 483 g/mol. The van der Waals surface area contributed by atoms with E-state index in [0.29, 0.717) is 23.6 Å². The van der Waals surface area contributed by atoms with E-state index in [1.54, 1.807) is 48.5 Å². The van der Waals surface area contributed by atoms with Gasteiger partial charge in [0.25, 0.3) is 5.91 Å². The van der Waals surface area contributed by atoms with Gasteiger partial charge in [-0.15, -0.1) is 0 Å². The largest absolute Gasteiger partial charge is 0.494 e. The molecule has 1 aromatic heterocycles. The Kier molecular flexibility index (Phi) is 6.87. The first-order chi connectivity index (χ1) is 16.0. The van der Waals surface area contributed by atoms with Crippen molar-refractivity contribution in [2.45, 2.75) is 6.92 Å². The highest BCUT2D eigenvalue weighted by atomic mass is 35.5. The summed E-state index contributed by atoms with van der Waals surface area (Å²) < 4.78 is 17.0. The molecule has 4 aromatic rings. The molecule has 0 atom stereocenters. The number of anilines is 1. The van der Waals surface area contributed by atoms with E-state index in [2.05, 4.69) is 5.32 Å². The fourth-order valence-corrected chi connectivity index (χ4v) is 3.79. The van der Waals surface area contributed by atoms with Crippen LogP contribution in [0.1, 0.15) is 6.92 Å². The predicted octanol–water partition coefficient (Wildman–Crippen LogP) is 6.18. The molecule has 0 bridgehead atoms. The van der Waals surface area contributed by atoms with Crippen LogP contribution >= 0.6 is 23.2 Å². The van der Waals surface area contributed by atoms with Crippen molar-refractivity contribution in [2.24, 2.45) is 0 Å². The molecule has 0 saturated heterocycles. The van der Waals surface area contributed by atoms with Gasteiger partial charge in [-0.3, -0.25) is 9.59 Å². The van der Waals surface area contributed by atoms with Crippen LogP contribution in [0.25, 0.3) is 22.3 Å². The minimum absolute atomic E-state index is 0.103. The Bertz CT molecular complexity index is 1350. The molecule has 0 aliphatic heterocycles. The molecular formula is C25H19Cl2NO5. The van der Waals surface area contributed by atoms with Crippen LogP contribution in [0.5, 0.6) is 11.5 Å². The minimum Gasteiger partial charge on any atom is -0.494 e. The number of rotatable bonds is 7. The minimum atomic E-state index is -0.478. The molecule has 1 amide bonds. The quantitative estimate of drug-likeness (QED) is 0.339. The van der Waals surface area contributed by atoms with Crippen molar-refractivity contribution < 1.29 is 18.7 Å². The third-order valence-electron chi connectivity index (χ3n) is 4.70. The van der Waals surface area contributed by atoms with Crippen molar-refractivity contribution in [1.82, 2.24) is 0 Å². The summed E-state index contributed by atoms with van der Waals surface area (Å²) in [5.41, 5.74) is 0.883. The van der Waals surface area contributed by atoms with Crippen molar-refractivity contribution in [3.05, 3.63) is 87.0 Å². The third-order valence-corrected chi connectivity index (χ3v) is 5.20. The van der Waals surface area contributed by atoms with Crippen LogP contribution in [0, 0.1) is 0 Å². The zero-order valence-electron chi connectivity index (χ0n) is 17.6. The number of ether oxygens (including phenoxy) is 2. The van der Waals surface area contributed by atoms with E-state index < -0.39 is 17.9 Å². The van der Waals surface area contributed by atoms with E-state index in [1.807, 2.05) is 13.0 Å². The van der Waals surface area contributed by atoms with E-state index in [4.69, 9.17) is 37.1 Å². The lowest BCUT2D eigenvalue weighted by molar-refractivity contribution is -0.118. The highest BCUT2D eigenvalue weighted by Crippen LogP contribution is 2.35. The van der Waals surface area contributed by atoms with Crippen molar-refractivity contribution in [1.29, 1.82) is 0 Å². The summed E-state index contributed by atoms with van der Waals surface area (Å²) in [5.74, 6) is 0.326. The number of fused-ring (bicyclic) bond motifs is 1. The molecule has 0 aliphatic rings. The van der Waals surface area contributed by atoms with Crippen LogP contribution in [0.4, 0.5) is 5.69 Å². The molecule has 6 nitrogen and oxygen atoms in total. The maximum atomic E-state index is 13.2. The lowest BCUT2D eigenvalue weighted by atomic mass is 10.1. The van der Waals surface area contributed by atoms with E-state index in [9.17, 15) is 9.59 Å². The maximum Gasteiger partial charge on any atom is 0.262 e.